The van der Waals surface area contributed by atoms with Gasteiger partial charge in [0.1, 0.15) is 19.0 Å². The van der Waals surface area contributed by atoms with Crippen LogP contribution in [0.4, 0.5) is 0 Å². The summed E-state index contributed by atoms with van der Waals surface area (Å²) >= 11 is 0. The Morgan fingerprint density at radius 3 is 2.48 bits per heavy atom. The number of ether oxygens (including phenoxy) is 3. The van der Waals surface area contributed by atoms with Gasteiger partial charge < -0.3 is 19.5 Å². The van der Waals surface area contributed by atoms with Gasteiger partial charge in [-0.3, -0.25) is 4.79 Å². The van der Waals surface area contributed by atoms with Gasteiger partial charge in [0.25, 0.3) is 0 Å². The van der Waals surface area contributed by atoms with Crippen LogP contribution in [0.15, 0.2) is 36.4 Å². The molecule has 132 valence electrons. The number of aryl methyl sites for hydroxylation is 2. The quantitative estimate of drug-likeness (QED) is 0.877. The largest absolute Gasteiger partial charge is 0.497 e. The summed E-state index contributed by atoms with van der Waals surface area (Å²) in [6, 6.07) is 11.7. The molecule has 0 bridgehead atoms. The monoisotopic (exact) mass is 341 g/mol. The second-order valence-corrected chi connectivity index (χ2v) is 6.05. The van der Waals surface area contributed by atoms with Crippen LogP contribution < -0.4 is 19.5 Å². The molecule has 3 rings (SSSR count). The number of amides is 1. The van der Waals surface area contributed by atoms with Crippen molar-refractivity contribution in [1.82, 2.24) is 5.32 Å². The molecule has 0 aliphatic carbocycles. The Labute approximate surface area is 147 Å². The number of carbonyl (C=O) groups is 1. The molecular weight excluding hydrogens is 318 g/mol. The van der Waals surface area contributed by atoms with E-state index in [1.54, 1.807) is 7.11 Å². The van der Waals surface area contributed by atoms with Crippen molar-refractivity contribution >= 4 is 5.91 Å². The molecule has 0 unspecified atom stereocenters. The van der Waals surface area contributed by atoms with Crippen LogP contribution in [0.2, 0.25) is 0 Å². The molecule has 0 fully saturated rings. The molecule has 0 aromatic heterocycles. The van der Waals surface area contributed by atoms with E-state index in [1.165, 1.54) is 0 Å². The van der Waals surface area contributed by atoms with Crippen molar-refractivity contribution < 1.29 is 19.0 Å². The minimum Gasteiger partial charge on any atom is -0.497 e. The first kappa shape index (κ1) is 17.1. The number of nitrogens with one attached hydrogen (secondary N) is 1. The van der Waals surface area contributed by atoms with Gasteiger partial charge in [-0.25, -0.2) is 0 Å². The Bertz CT molecular complexity index is 740. The van der Waals surface area contributed by atoms with Crippen molar-refractivity contribution in [1.29, 1.82) is 0 Å². The number of hydrogen-bond acceptors (Lipinski definition) is 4. The van der Waals surface area contributed by atoms with E-state index in [2.05, 4.69) is 5.32 Å². The molecule has 1 heterocycles. The highest BCUT2D eigenvalue weighted by Crippen LogP contribution is 2.32. The van der Waals surface area contributed by atoms with Crippen molar-refractivity contribution in [3.05, 3.63) is 53.1 Å². The van der Waals surface area contributed by atoms with Crippen LogP contribution in [0.3, 0.4) is 0 Å². The number of hydrogen-bond donors (Lipinski definition) is 1. The Morgan fingerprint density at radius 1 is 1.12 bits per heavy atom. The number of rotatable bonds is 6. The van der Waals surface area contributed by atoms with Crippen LogP contribution in [0, 0.1) is 6.92 Å². The maximum absolute atomic E-state index is 12.1. The summed E-state index contributed by atoms with van der Waals surface area (Å²) in [4.78, 5) is 12.1. The first-order valence-electron chi connectivity index (χ1n) is 8.44. The second-order valence-electron chi connectivity index (χ2n) is 6.05. The van der Waals surface area contributed by atoms with Crippen molar-refractivity contribution in [2.75, 3.05) is 20.3 Å². The van der Waals surface area contributed by atoms with Gasteiger partial charge in [-0.2, -0.15) is 0 Å². The Hall–Kier alpha value is -2.69. The average Bonchev–Trinajstić information content (AvgIpc) is 2.65. The first-order valence-corrected chi connectivity index (χ1v) is 8.44. The predicted octanol–water partition coefficient (Wildman–Crippen LogP) is 3.02. The van der Waals surface area contributed by atoms with E-state index in [4.69, 9.17) is 14.2 Å². The zero-order valence-electron chi connectivity index (χ0n) is 14.6. The standard InChI is InChI=1S/C20H23NO4/c1-14-11-18-19(25-10-9-24-18)12-16(14)13-21-20(22)8-5-15-3-6-17(23-2)7-4-15/h3-4,6-7,11-12H,5,8-10,13H2,1-2H3,(H,21,22). The normalized spacial score (nSPS) is 12.6. The fraction of sp³-hybridized carbons (Fsp3) is 0.350. The molecular formula is C20H23NO4. The highest BCUT2D eigenvalue weighted by molar-refractivity contribution is 5.76. The topological polar surface area (TPSA) is 56.8 Å². The van der Waals surface area contributed by atoms with Gasteiger partial charge in [-0.15, -0.1) is 0 Å². The maximum atomic E-state index is 12.1. The van der Waals surface area contributed by atoms with E-state index in [0.29, 0.717) is 32.6 Å². The van der Waals surface area contributed by atoms with E-state index < -0.39 is 0 Å². The van der Waals surface area contributed by atoms with Crippen LogP contribution in [-0.2, 0) is 17.8 Å². The SMILES string of the molecule is COc1ccc(CCC(=O)NCc2cc3c(cc2C)OCCO3)cc1. The number of carbonyl (C=O) groups excluding carboxylic acids is 1. The molecule has 0 spiro atoms. The molecule has 1 N–H and O–H groups in total. The van der Waals surface area contributed by atoms with E-state index >= 15 is 0 Å². The van der Waals surface area contributed by atoms with E-state index in [1.807, 2.05) is 43.3 Å². The summed E-state index contributed by atoms with van der Waals surface area (Å²) in [5.74, 6) is 2.38. The van der Waals surface area contributed by atoms with Crippen LogP contribution >= 0.6 is 0 Å². The molecule has 0 radical (unpaired) electrons. The third-order valence-corrected chi connectivity index (χ3v) is 4.28. The van der Waals surface area contributed by atoms with Gasteiger partial charge in [0, 0.05) is 13.0 Å². The summed E-state index contributed by atoms with van der Waals surface area (Å²) in [5.41, 5.74) is 3.24. The van der Waals surface area contributed by atoms with Crippen molar-refractivity contribution in [3.8, 4) is 17.2 Å². The number of benzene rings is 2. The summed E-state index contributed by atoms with van der Waals surface area (Å²) in [7, 11) is 1.64. The Kier molecular flexibility index (Phi) is 5.43. The molecule has 0 saturated heterocycles. The smallest absolute Gasteiger partial charge is 0.220 e. The van der Waals surface area contributed by atoms with E-state index in [9.17, 15) is 4.79 Å². The lowest BCUT2D eigenvalue weighted by Gasteiger charge is -2.20. The molecule has 1 aliphatic rings. The highest BCUT2D eigenvalue weighted by Gasteiger charge is 2.14. The molecule has 0 saturated carbocycles. The number of fused-ring (bicyclic) bond motifs is 1. The second kappa shape index (κ2) is 7.92. The van der Waals surface area contributed by atoms with E-state index in [0.717, 1.165) is 33.9 Å². The molecule has 0 atom stereocenters. The van der Waals surface area contributed by atoms with Crippen molar-refractivity contribution in [3.63, 3.8) is 0 Å². The molecule has 1 aliphatic heterocycles. The summed E-state index contributed by atoms with van der Waals surface area (Å²) in [6.07, 6.45) is 1.16. The molecule has 2 aromatic carbocycles. The van der Waals surface area contributed by atoms with Crippen molar-refractivity contribution in [2.24, 2.45) is 0 Å². The van der Waals surface area contributed by atoms with Crippen LogP contribution in [-0.4, -0.2) is 26.2 Å². The maximum Gasteiger partial charge on any atom is 0.220 e. The van der Waals surface area contributed by atoms with Crippen molar-refractivity contribution in [2.45, 2.75) is 26.3 Å². The van der Waals surface area contributed by atoms with Crippen LogP contribution in [0.25, 0.3) is 0 Å². The van der Waals surface area contributed by atoms with Gasteiger partial charge in [0.05, 0.1) is 7.11 Å². The third kappa shape index (κ3) is 4.44. The van der Waals surface area contributed by atoms with Gasteiger partial charge in [0.15, 0.2) is 11.5 Å². The summed E-state index contributed by atoms with van der Waals surface area (Å²) in [5, 5.41) is 2.98. The molecule has 2 aromatic rings. The molecule has 1 amide bonds. The van der Waals surface area contributed by atoms with Gasteiger partial charge in [-0.1, -0.05) is 12.1 Å². The number of methoxy groups -OCH3 is 1. The summed E-state index contributed by atoms with van der Waals surface area (Å²) in [6.45, 7) is 3.64. The van der Waals surface area contributed by atoms with Crippen LogP contribution in [0.5, 0.6) is 17.2 Å². The molecule has 25 heavy (non-hydrogen) atoms. The van der Waals surface area contributed by atoms with Gasteiger partial charge >= 0.3 is 0 Å². The first-order chi connectivity index (χ1) is 12.2. The highest BCUT2D eigenvalue weighted by atomic mass is 16.6. The fourth-order valence-electron chi connectivity index (χ4n) is 2.76. The molecule has 5 nitrogen and oxygen atoms in total. The zero-order chi connectivity index (χ0) is 17.6. The lowest BCUT2D eigenvalue weighted by molar-refractivity contribution is -0.121. The predicted molar refractivity (Wildman–Crippen MR) is 95.3 cm³/mol. The zero-order valence-corrected chi connectivity index (χ0v) is 14.6. The van der Waals surface area contributed by atoms with Gasteiger partial charge in [-0.05, 0) is 54.3 Å². The minimum atomic E-state index is 0.0325. The Balaban J connectivity index is 1.51. The molecule has 5 heteroatoms. The lowest BCUT2D eigenvalue weighted by Crippen LogP contribution is -2.24. The Morgan fingerprint density at radius 2 is 1.80 bits per heavy atom. The lowest BCUT2D eigenvalue weighted by atomic mass is 10.1. The minimum absolute atomic E-state index is 0.0325. The summed E-state index contributed by atoms with van der Waals surface area (Å²) < 4.78 is 16.3. The average molecular weight is 341 g/mol. The van der Waals surface area contributed by atoms with Crippen LogP contribution in [0.1, 0.15) is 23.1 Å². The third-order valence-electron chi connectivity index (χ3n) is 4.28. The fourth-order valence-corrected chi connectivity index (χ4v) is 2.76. The van der Waals surface area contributed by atoms with E-state index in [-0.39, 0.29) is 5.91 Å². The van der Waals surface area contributed by atoms with Gasteiger partial charge in [0.2, 0.25) is 5.91 Å².